The Morgan fingerprint density at radius 2 is 1.54 bits per heavy atom. The van der Waals surface area contributed by atoms with Crippen molar-refractivity contribution in [2.24, 2.45) is 0 Å². The highest BCUT2D eigenvalue weighted by Crippen LogP contribution is 2.28. The molecule has 0 spiro atoms. The van der Waals surface area contributed by atoms with Crippen LogP contribution in [-0.4, -0.2) is 24.2 Å². The first-order valence-electron chi connectivity index (χ1n) is 10.2. The van der Waals surface area contributed by atoms with E-state index >= 15 is 0 Å². The van der Waals surface area contributed by atoms with Crippen LogP contribution in [0, 0.1) is 0 Å². The third kappa shape index (κ3) is 6.48. The van der Waals surface area contributed by atoms with Crippen molar-refractivity contribution in [2.45, 2.75) is 57.0 Å². The molecule has 1 aliphatic heterocycles. The van der Waals surface area contributed by atoms with Gasteiger partial charge in [-0.2, -0.15) is 11.8 Å². The number of rotatable bonds is 10. The molecule has 1 atom stereocenters. The molecule has 0 bridgehead atoms. The van der Waals surface area contributed by atoms with Gasteiger partial charge in [-0.3, -0.25) is 0 Å². The minimum atomic E-state index is 0.498. The Morgan fingerprint density at radius 3 is 2.15 bits per heavy atom. The van der Waals surface area contributed by atoms with Gasteiger partial charge >= 0.3 is 0 Å². The number of thioether (sulfide) groups is 1. The number of ether oxygens (including phenoxy) is 1. The summed E-state index contributed by atoms with van der Waals surface area (Å²) in [4.78, 5) is 0. The van der Waals surface area contributed by atoms with E-state index in [-0.39, 0.29) is 0 Å². The van der Waals surface area contributed by atoms with E-state index in [0.29, 0.717) is 12.0 Å². The molecule has 2 aromatic carbocycles. The van der Waals surface area contributed by atoms with Crippen LogP contribution in [0.1, 0.15) is 62.0 Å². The number of unbranched alkanes of at least 4 members (excludes halogenated alkanes) is 2. The zero-order valence-electron chi connectivity index (χ0n) is 15.8. The first-order chi connectivity index (χ1) is 12.9. The summed E-state index contributed by atoms with van der Waals surface area (Å²) in [6, 6.07) is 21.9. The van der Waals surface area contributed by atoms with Crippen molar-refractivity contribution >= 4 is 11.8 Å². The van der Waals surface area contributed by atoms with Gasteiger partial charge in [-0.25, -0.2) is 0 Å². The van der Waals surface area contributed by atoms with E-state index in [1.54, 1.807) is 0 Å². The lowest BCUT2D eigenvalue weighted by molar-refractivity contribution is 0.00985. The molecule has 0 radical (unpaired) electrons. The molecule has 0 amide bonds. The highest BCUT2D eigenvalue weighted by Gasteiger charge is 2.14. The molecule has 1 nitrogen and oxygen atoms in total. The molecule has 1 aliphatic rings. The van der Waals surface area contributed by atoms with E-state index < -0.39 is 0 Å². The van der Waals surface area contributed by atoms with Crippen molar-refractivity contribution in [3.63, 3.8) is 0 Å². The van der Waals surface area contributed by atoms with Crippen molar-refractivity contribution in [3.8, 4) is 0 Å². The minimum Gasteiger partial charge on any atom is -0.378 e. The molecule has 1 heterocycles. The molecular formula is C24H32OS. The molecule has 0 aromatic heterocycles. The van der Waals surface area contributed by atoms with Gasteiger partial charge in [0.25, 0.3) is 0 Å². The SMILES string of the molecule is c1ccc(C(CSCCCCCC2CCCCO2)c2ccccc2)cc1. The normalized spacial score (nSPS) is 17.5. The molecule has 3 rings (SSSR count). The quantitative estimate of drug-likeness (QED) is 0.432. The Bertz CT molecular complexity index is 553. The molecule has 26 heavy (non-hydrogen) atoms. The Morgan fingerprint density at radius 1 is 0.846 bits per heavy atom. The van der Waals surface area contributed by atoms with Gasteiger partial charge in [-0.15, -0.1) is 0 Å². The lowest BCUT2D eigenvalue weighted by Crippen LogP contribution is -2.18. The second kappa shape index (κ2) is 11.5. The highest BCUT2D eigenvalue weighted by molar-refractivity contribution is 7.99. The van der Waals surface area contributed by atoms with Gasteiger partial charge in [0, 0.05) is 18.3 Å². The van der Waals surface area contributed by atoms with Crippen LogP contribution in [0.5, 0.6) is 0 Å². The number of hydrogen-bond donors (Lipinski definition) is 0. The van der Waals surface area contributed by atoms with Crippen LogP contribution in [0.15, 0.2) is 60.7 Å². The molecule has 2 aromatic rings. The van der Waals surface area contributed by atoms with Gasteiger partial charge in [-0.05, 0) is 49.0 Å². The lowest BCUT2D eigenvalue weighted by atomic mass is 9.93. The Balaban J connectivity index is 1.38. The first-order valence-corrected chi connectivity index (χ1v) is 11.4. The molecule has 0 saturated carbocycles. The predicted octanol–water partition coefficient (Wildman–Crippen LogP) is 6.68. The van der Waals surface area contributed by atoms with E-state index in [4.69, 9.17) is 4.74 Å². The zero-order valence-corrected chi connectivity index (χ0v) is 16.6. The average Bonchev–Trinajstić information content (AvgIpc) is 2.72. The van der Waals surface area contributed by atoms with Crippen molar-refractivity contribution in [1.29, 1.82) is 0 Å². The summed E-state index contributed by atoms with van der Waals surface area (Å²) in [5.41, 5.74) is 2.86. The average molecular weight is 369 g/mol. The Labute approximate surface area is 163 Å². The predicted molar refractivity (Wildman–Crippen MR) is 114 cm³/mol. The summed E-state index contributed by atoms with van der Waals surface area (Å²) < 4.78 is 5.83. The molecule has 140 valence electrons. The van der Waals surface area contributed by atoms with Crippen molar-refractivity contribution in [1.82, 2.24) is 0 Å². The van der Waals surface area contributed by atoms with Gasteiger partial charge in [0.2, 0.25) is 0 Å². The summed E-state index contributed by atoms with van der Waals surface area (Å²) in [6.07, 6.45) is 9.72. The third-order valence-corrected chi connectivity index (χ3v) is 6.42. The van der Waals surface area contributed by atoms with Crippen LogP contribution >= 0.6 is 11.8 Å². The van der Waals surface area contributed by atoms with Crippen LogP contribution in [0.2, 0.25) is 0 Å². The van der Waals surface area contributed by atoms with E-state index in [0.717, 1.165) is 6.61 Å². The first kappa shape index (κ1) is 19.5. The number of hydrogen-bond acceptors (Lipinski definition) is 2. The summed E-state index contributed by atoms with van der Waals surface area (Å²) in [6.45, 7) is 0.987. The fraction of sp³-hybridized carbons (Fsp3) is 0.500. The fourth-order valence-corrected chi connectivity index (χ4v) is 4.94. The zero-order chi connectivity index (χ0) is 17.9. The summed E-state index contributed by atoms with van der Waals surface area (Å²) in [5, 5.41) is 0. The maximum absolute atomic E-state index is 5.83. The monoisotopic (exact) mass is 368 g/mol. The van der Waals surface area contributed by atoms with Crippen LogP contribution in [0.3, 0.4) is 0 Å². The van der Waals surface area contributed by atoms with Gasteiger partial charge in [0.15, 0.2) is 0 Å². The highest BCUT2D eigenvalue weighted by atomic mass is 32.2. The summed E-state index contributed by atoms with van der Waals surface area (Å²) in [5.74, 6) is 2.93. The fourth-order valence-electron chi connectivity index (χ4n) is 3.74. The molecule has 1 unspecified atom stereocenters. The second-order valence-electron chi connectivity index (χ2n) is 7.29. The third-order valence-electron chi connectivity index (χ3n) is 5.28. The van der Waals surface area contributed by atoms with E-state index in [2.05, 4.69) is 72.4 Å². The van der Waals surface area contributed by atoms with Crippen molar-refractivity contribution in [3.05, 3.63) is 71.8 Å². The van der Waals surface area contributed by atoms with Crippen LogP contribution in [0.4, 0.5) is 0 Å². The van der Waals surface area contributed by atoms with E-state index in [1.807, 2.05) is 0 Å². The van der Waals surface area contributed by atoms with Gasteiger partial charge < -0.3 is 4.74 Å². The summed E-state index contributed by atoms with van der Waals surface area (Å²) in [7, 11) is 0. The standard InChI is InChI=1S/C24H32OS/c1-4-12-21(13-5-1)24(22-14-6-2-7-15-22)20-26-19-11-3-8-16-23-17-9-10-18-25-23/h1-2,4-7,12-15,23-24H,3,8-11,16-20H2. The lowest BCUT2D eigenvalue weighted by Gasteiger charge is -2.22. The molecule has 0 N–H and O–H groups in total. The van der Waals surface area contributed by atoms with Crippen LogP contribution < -0.4 is 0 Å². The molecule has 2 heteroatoms. The number of benzene rings is 2. The van der Waals surface area contributed by atoms with Crippen molar-refractivity contribution in [2.75, 3.05) is 18.1 Å². The minimum absolute atomic E-state index is 0.498. The molecule has 1 saturated heterocycles. The van der Waals surface area contributed by atoms with E-state index in [1.165, 1.54) is 67.6 Å². The van der Waals surface area contributed by atoms with Crippen LogP contribution in [-0.2, 0) is 4.74 Å². The van der Waals surface area contributed by atoms with Crippen LogP contribution in [0.25, 0.3) is 0 Å². The maximum Gasteiger partial charge on any atom is 0.0575 e. The smallest absolute Gasteiger partial charge is 0.0575 e. The second-order valence-corrected chi connectivity index (χ2v) is 8.44. The molecular weight excluding hydrogens is 336 g/mol. The van der Waals surface area contributed by atoms with Gasteiger partial charge in [0.05, 0.1) is 6.10 Å². The summed E-state index contributed by atoms with van der Waals surface area (Å²) >= 11 is 2.11. The maximum atomic E-state index is 5.83. The van der Waals surface area contributed by atoms with Gasteiger partial charge in [0.1, 0.15) is 0 Å². The molecule has 1 fully saturated rings. The van der Waals surface area contributed by atoms with Gasteiger partial charge in [-0.1, -0.05) is 73.5 Å². The largest absolute Gasteiger partial charge is 0.378 e. The van der Waals surface area contributed by atoms with Crippen molar-refractivity contribution < 1.29 is 4.74 Å². The topological polar surface area (TPSA) is 9.23 Å². The molecule has 0 aliphatic carbocycles. The Kier molecular flexibility index (Phi) is 8.60. The van der Waals surface area contributed by atoms with E-state index in [9.17, 15) is 0 Å². The Hall–Kier alpha value is -1.25.